The topological polar surface area (TPSA) is 53.2 Å². The number of nitriles is 1. The summed E-state index contributed by atoms with van der Waals surface area (Å²) >= 11 is 0. The lowest BCUT2D eigenvalue weighted by Crippen LogP contribution is -2.02. The molecule has 0 fully saturated rings. The molecular weight excluding hydrogens is 257 g/mol. The van der Waals surface area contributed by atoms with Gasteiger partial charge in [-0.3, -0.25) is 0 Å². The Hall–Kier alpha value is -2.38. The zero-order valence-electron chi connectivity index (χ0n) is 11.0. The Morgan fingerprint density at radius 3 is 2.75 bits per heavy atom. The Kier molecular flexibility index (Phi) is 4.34. The highest BCUT2D eigenvalue weighted by molar-refractivity contribution is 5.36. The maximum atomic E-state index is 13.6. The van der Waals surface area contributed by atoms with Crippen LogP contribution in [0.1, 0.15) is 29.7 Å². The number of ether oxygens (including phenoxy) is 1. The maximum absolute atomic E-state index is 13.6. The van der Waals surface area contributed by atoms with Gasteiger partial charge in [0, 0.05) is 11.1 Å². The fourth-order valence-corrected chi connectivity index (χ4v) is 1.87. The molecule has 0 radical (unpaired) electrons. The largest absolute Gasteiger partial charge is 0.488 e. The molecule has 2 rings (SSSR count). The fraction of sp³-hybridized carbons (Fsp3) is 0.188. The average Bonchev–Trinajstić information content (AvgIpc) is 2.46. The second-order valence-corrected chi connectivity index (χ2v) is 4.42. The SMILES string of the molecule is C[C@H](O)c1ccccc1OCc1cc(C#N)ccc1F. The van der Waals surface area contributed by atoms with Crippen molar-refractivity contribution in [3.63, 3.8) is 0 Å². The Morgan fingerprint density at radius 1 is 1.30 bits per heavy atom. The molecule has 1 atom stereocenters. The predicted molar refractivity (Wildman–Crippen MR) is 72.5 cm³/mol. The normalized spacial score (nSPS) is 11.7. The molecule has 1 N–H and O–H groups in total. The molecule has 0 aliphatic carbocycles. The van der Waals surface area contributed by atoms with Gasteiger partial charge in [-0.15, -0.1) is 0 Å². The molecule has 0 aromatic heterocycles. The van der Waals surface area contributed by atoms with Gasteiger partial charge in [-0.25, -0.2) is 4.39 Å². The first-order valence-corrected chi connectivity index (χ1v) is 6.20. The number of para-hydroxylation sites is 1. The first kappa shape index (κ1) is 14.0. The van der Waals surface area contributed by atoms with Gasteiger partial charge in [-0.2, -0.15) is 5.26 Å². The molecule has 3 nitrogen and oxygen atoms in total. The van der Waals surface area contributed by atoms with E-state index < -0.39 is 11.9 Å². The van der Waals surface area contributed by atoms with Gasteiger partial charge in [0.1, 0.15) is 18.2 Å². The summed E-state index contributed by atoms with van der Waals surface area (Å²) in [5.41, 5.74) is 1.34. The summed E-state index contributed by atoms with van der Waals surface area (Å²) in [4.78, 5) is 0. The fourth-order valence-electron chi connectivity index (χ4n) is 1.87. The molecular formula is C16H14FNO2. The van der Waals surface area contributed by atoms with Crippen molar-refractivity contribution in [1.82, 2.24) is 0 Å². The van der Waals surface area contributed by atoms with E-state index in [0.717, 1.165) is 0 Å². The third kappa shape index (κ3) is 3.14. The molecule has 20 heavy (non-hydrogen) atoms. The molecule has 0 aliphatic heterocycles. The van der Waals surface area contributed by atoms with Crippen LogP contribution >= 0.6 is 0 Å². The van der Waals surface area contributed by atoms with Crippen LogP contribution in [0.3, 0.4) is 0 Å². The van der Waals surface area contributed by atoms with Gasteiger partial charge in [0.2, 0.25) is 0 Å². The smallest absolute Gasteiger partial charge is 0.129 e. The first-order chi connectivity index (χ1) is 9.61. The number of halogens is 1. The minimum Gasteiger partial charge on any atom is -0.488 e. The van der Waals surface area contributed by atoms with Crippen molar-refractivity contribution < 1.29 is 14.2 Å². The van der Waals surface area contributed by atoms with E-state index in [9.17, 15) is 9.50 Å². The third-order valence-corrected chi connectivity index (χ3v) is 2.93. The molecule has 0 bridgehead atoms. The minimum atomic E-state index is -0.665. The molecule has 4 heteroatoms. The van der Waals surface area contributed by atoms with Crippen LogP contribution in [0.25, 0.3) is 0 Å². The third-order valence-electron chi connectivity index (χ3n) is 2.93. The van der Waals surface area contributed by atoms with Gasteiger partial charge in [0.05, 0.1) is 17.7 Å². The summed E-state index contributed by atoms with van der Waals surface area (Å²) in [7, 11) is 0. The van der Waals surface area contributed by atoms with Crippen LogP contribution in [0.5, 0.6) is 5.75 Å². The summed E-state index contributed by atoms with van der Waals surface area (Å²) in [5, 5.41) is 18.5. The Morgan fingerprint density at radius 2 is 2.05 bits per heavy atom. The Balaban J connectivity index is 2.19. The second-order valence-electron chi connectivity index (χ2n) is 4.42. The zero-order valence-corrected chi connectivity index (χ0v) is 11.0. The summed E-state index contributed by atoms with van der Waals surface area (Å²) in [6, 6.07) is 13.1. The van der Waals surface area contributed by atoms with Gasteiger partial charge >= 0.3 is 0 Å². The van der Waals surface area contributed by atoms with Crippen molar-refractivity contribution in [2.24, 2.45) is 0 Å². The predicted octanol–water partition coefficient (Wildman–Crippen LogP) is 3.33. The van der Waals surface area contributed by atoms with Crippen molar-refractivity contribution in [2.75, 3.05) is 0 Å². The van der Waals surface area contributed by atoms with E-state index in [-0.39, 0.29) is 6.61 Å². The number of hydrogen-bond donors (Lipinski definition) is 1. The van der Waals surface area contributed by atoms with E-state index in [1.807, 2.05) is 6.07 Å². The van der Waals surface area contributed by atoms with Gasteiger partial charge in [-0.1, -0.05) is 18.2 Å². The van der Waals surface area contributed by atoms with Crippen molar-refractivity contribution in [2.45, 2.75) is 19.6 Å². The van der Waals surface area contributed by atoms with E-state index in [2.05, 4.69) is 0 Å². The summed E-state index contributed by atoms with van der Waals surface area (Å²) < 4.78 is 19.2. The number of rotatable bonds is 4. The van der Waals surface area contributed by atoms with Crippen LogP contribution in [0.15, 0.2) is 42.5 Å². The summed E-state index contributed by atoms with van der Waals surface area (Å²) in [6.07, 6.45) is -0.665. The molecule has 0 unspecified atom stereocenters. The summed E-state index contributed by atoms with van der Waals surface area (Å²) in [6.45, 7) is 1.64. The van der Waals surface area contributed by atoms with Crippen LogP contribution in [-0.2, 0) is 6.61 Å². The Labute approximate surface area is 116 Å². The summed E-state index contributed by atoms with van der Waals surface area (Å²) in [5.74, 6) is 0.0859. The average molecular weight is 271 g/mol. The quantitative estimate of drug-likeness (QED) is 0.928. The van der Waals surface area contributed by atoms with Crippen LogP contribution in [0.4, 0.5) is 4.39 Å². The molecule has 0 heterocycles. The van der Waals surface area contributed by atoms with Gasteiger partial charge < -0.3 is 9.84 Å². The van der Waals surface area contributed by atoms with Gasteiger partial charge in [0.25, 0.3) is 0 Å². The van der Waals surface area contributed by atoms with Crippen LogP contribution in [-0.4, -0.2) is 5.11 Å². The molecule has 0 spiro atoms. The van der Waals surface area contributed by atoms with Crippen LogP contribution < -0.4 is 4.74 Å². The highest BCUT2D eigenvalue weighted by atomic mass is 19.1. The standard InChI is InChI=1S/C16H14FNO2/c1-11(19)14-4-2-3-5-16(14)20-10-13-8-12(9-18)6-7-15(13)17/h2-8,11,19H,10H2,1H3/t11-/m0/s1. The molecule has 2 aromatic rings. The van der Waals surface area contributed by atoms with E-state index in [4.69, 9.17) is 10.00 Å². The highest BCUT2D eigenvalue weighted by Gasteiger charge is 2.10. The number of benzene rings is 2. The maximum Gasteiger partial charge on any atom is 0.129 e. The van der Waals surface area contributed by atoms with Crippen LogP contribution in [0, 0.1) is 17.1 Å². The van der Waals surface area contributed by atoms with Crippen molar-refractivity contribution in [3.8, 4) is 11.8 Å². The number of hydrogen-bond acceptors (Lipinski definition) is 3. The monoisotopic (exact) mass is 271 g/mol. The zero-order chi connectivity index (χ0) is 14.5. The molecule has 0 saturated heterocycles. The lowest BCUT2D eigenvalue weighted by molar-refractivity contribution is 0.190. The second kappa shape index (κ2) is 6.18. The molecule has 102 valence electrons. The number of aliphatic hydroxyl groups excluding tert-OH is 1. The Bertz CT molecular complexity index is 647. The van der Waals surface area contributed by atoms with E-state index in [1.165, 1.54) is 18.2 Å². The van der Waals surface area contributed by atoms with Crippen molar-refractivity contribution in [3.05, 3.63) is 65.0 Å². The lowest BCUT2D eigenvalue weighted by Gasteiger charge is -2.13. The number of nitrogens with zero attached hydrogens (tertiary/aromatic N) is 1. The van der Waals surface area contributed by atoms with Crippen LogP contribution in [0.2, 0.25) is 0 Å². The van der Waals surface area contributed by atoms with Crippen molar-refractivity contribution >= 4 is 0 Å². The van der Waals surface area contributed by atoms with Gasteiger partial charge in [-0.05, 0) is 31.2 Å². The molecule has 0 amide bonds. The molecule has 0 aliphatic rings. The van der Waals surface area contributed by atoms with E-state index in [1.54, 1.807) is 31.2 Å². The molecule has 0 saturated carbocycles. The lowest BCUT2D eigenvalue weighted by atomic mass is 10.1. The van der Waals surface area contributed by atoms with E-state index in [0.29, 0.717) is 22.4 Å². The number of aliphatic hydroxyl groups is 1. The minimum absolute atomic E-state index is 0.00505. The highest BCUT2D eigenvalue weighted by Crippen LogP contribution is 2.25. The van der Waals surface area contributed by atoms with Crippen molar-refractivity contribution in [1.29, 1.82) is 5.26 Å². The molecule has 2 aromatic carbocycles. The first-order valence-electron chi connectivity index (χ1n) is 6.20. The van der Waals surface area contributed by atoms with Gasteiger partial charge in [0.15, 0.2) is 0 Å². The van der Waals surface area contributed by atoms with E-state index >= 15 is 0 Å².